The Bertz CT molecular complexity index is 1030. The summed E-state index contributed by atoms with van der Waals surface area (Å²) in [4.78, 5) is 12.5. The van der Waals surface area contributed by atoms with E-state index in [1.807, 2.05) is 70.2 Å². The fourth-order valence-electron chi connectivity index (χ4n) is 2.93. The second kappa shape index (κ2) is 11.5. The highest BCUT2D eigenvalue weighted by Crippen LogP contribution is 2.19. The molecule has 2 rings (SSSR count). The van der Waals surface area contributed by atoms with Gasteiger partial charge in [-0.05, 0) is 69.6 Å². The summed E-state index contributed by atoms with van der Waals surface area (Å²) in [6, 6.07) is 16.9. The van der Waals surface area contributed by atoms with Crippen molar-refractivity contribution in [1.29, 1.82) is 0 Å². The SMILES string of the molecule is C[C@H](NC(=S)NC(CCc1ccccc1)OC(=O)C(C)(C)C)c1ccc(NS(C)(=O)=O)cc1. The molecule has 0 saturated carbocycles. The molecule has 7 nitrogen and oxygen atoms in total. The smallest absolute Gasteiger partial charge is 0.313 e. The molecule has 2 aromatic carbocycles. The molecular formula is C24H33N3O4S2. The average molecular weight is 492 g/mol. The molecule has 3 N–H and O–H groups in total. The second-order valence-electron chi connectivity index (χ2n) is 9.00. The molecule has 0 aliphatic rings. The number of hydrogen-bond donors (Lipinski definition) is 3. The number of anilines is 1. The number of benzene rings is 2. The molecule has 0 spiro atoms. The van der Waals surface area contributed by atoms with Crippen molar-refractivity contribution >= 4 is 39.0 Å². The van der Waals surface area contributed by atoms with Crippen molar-refractivity contribution in [3.05, 3.63) is 65.7 Å². The monoisotopic (exact) mass is 491 g/mol. The molecule has 0 aliphatic heterocycles. The van der Waals surface area contributed by atoms with Gasteiger partial charge in [0, 0.05) is 12.1 Å². The lowest BCUT2D eigenvalue weighted by Gasteiger charge is -2.26. The van der Waals surface area contributed by atoms with E-state index in [-0.39, 0.29) is 12.0 Å². The third-order valence-electron chi connectivity index (χ3n) is 4.75. The van der Waals surface area contributed by atoms with E-state index >= 15 is 0 Å². The number of nitrogens with one attached hydrogen (secondary N) is 3. The summed E-state index contributed by atoms with van der Waals surface area (Å²) in [5, 5.41) is 6.68. The quantitative estimate of drug-likeness (QED) is 0.276. The zero-order chi connectivity index (χ0) is 24.6. The summed E-state index contributed by atoms with van der Waals surface area (Å²) < 4.78 is 30.9. The van der Waals surface area contributed by atoms with E-state index in [0.29, 0.717) is 17.2 Å². The Balaban J connectivity index is 2.00. The Labute approximate surface area is 202 Å². The lowest BCUT2D eigenvalue weighted by atomic mass is 9.97. The first kappa shape index (κ1) is 26.6. The molecule has 33 heavy (non-hydrogen) atoms. The van der Waals surface area contributed by atoms with Crippen LogP contribution in [0.5, 0.6) is 0 Å². The molecular weight excluding hydrogens is 458 g/mol. The number of sulfonamides is 1. The minimum Gasteiger partial charge on any atom is -0.441 e. The first-order chi connectivity index (χ1) is 15.3. The maximum atomic E-state index is 12.5. The van der Waals surface area contributed by atoms with Gasteiger partial charge in [-0.3, -0.25) is 9.52 Å². The van der Waals surface area contributed by atoms with Crippen molar-refractivity contribution in [3.8, 4) is 0 Å². The van der Waals surface area contributed by atoms with Crippen LogP contribution in [0, 0.1) is 5.41 Å². The Morgan fingerprint density at radius 3 is 2.18 bits per heavy atom. The first-order valence-electron chi connectivity index (χ1n) is 10.7. The average Bonchev–Trinajstić information content (AvgIpc) is 2.71. The third-order valence-corrected chi connectivity index (χ3v) is 5.60. The molecule has 0 saturated heterocycles. The third kappa shape index (κ3) is 9.79. The zero-order valence-electron chi connectivity index (χ0n) is 19.7. The molecule has 2 aromatic rings. The summed E-state index contributed by atoms with van der Waals surface area (Å²) >= 11 is 5.48. The van der Waals surface area contributed by atoms with Crippen LogP contribution in [0.1, 0.15) is 51.3 Å². The van der Waals surface area contributed by atoms with Crippen LogP contribution in [0.3, 0.4) is 0 Å². The predicted octanol–water partition coefficient (Wildman–Crippen LogP) is 4.13. The number of carbonyl (C=O) groups is 1. The number of hydrogen-bond acceptors (Lipinski definition) is 5. The van der Waals surface area contributed by atoms with Gasteiger partial charge in [0.2, 0.25) is 10.0 Å². The van der Waals surface area contributed by atoms with Gasteiger partial charge in [0.05, 0.1) is 17.7 Å². The van der Waals surface area contributed by atoms with E-state index in [0.717, 1.165) is 23.8 Å². The lowest BCUT2D eigenvalue weighted by Crippen LogP contribution is -2.46. The van der Waals surface area contributed by atoms with Gasteiger partial charge < -0.3 is 15.4 Å². The highest BCUT2D eigenvalue weighted by atomic mass is 32.2. The highest BCUT2D eigenvalue weighted by molar-refractivity contribution is 7.92. The second-order valence-corrected chi connectivity index (χ2v) is 11.2. The fraction of sp³-hybridized carbons (Fsp3) is 0.417. The molecule has 1 unspecified atom stereocenters. The minimum atomic E-state index is -3.33. The molecule has 180 valence electrons. The summed E-state index contributed by atoms with van der Waals surface area (Å²) in [7, 11) is -3.33. The lowest BCUT2D eigenvalue weighted by molar-refractivity contribution is -0.159. The van der Waals surface area contributed by atoms with Crippen molar-refractivity contribution in [3.63, 3.8) is 0 Å². The first-order valence-corrected chi connectivity index (χ1v) is 13.0. The van der Waals surface area contributed by atoms with Gasteiger partial charge >= 0.3 is 5.97 Å². The van der Waals surface area contributed by atoms with Crippen LogP contribution < -0.4 is 15.4 Å². The van der Waals surface area contributed by atoms with Crippen LogP contribution in [-0.2, 0) is 26.0 Å². The van der Waals surface area contributed by atoms with Gasteiger partial charge in [-0.25, -0.2) is 8.42 Å². The van der Waals surface area contributed by atoms with E-state index in [1.54, 1.807) is 12.1 Å². The summed E-state index contributed by atoms with van der Waals surface area (Å²) in [6.07, 6.45) is 1.82. The van der Waals surface area contributed by atoms with E-state index in [2.05, 4.69) is 15.4 Å². The van der Waals surface area contributed by atoms with Gasteiger partial charge in [-0.15, -0.1) is 0 Å². The Hall–Kier alpha value is -2.65. The van der Waals surface area contributed by atoms with Gasteiger partial charge in [0.1, 0.15) is 0 Å². The number of esters is 1. The topological polar surface area (TPSA) is 96.5 Å². The molecule has 9 heteroatoms. The van der Waals surface area contributed by atoms with Crippen molar-refractivity contribution in [1.82, 2.24) is 10.6 Å². The van der Waals surface area contributed by atoms with E-state index in [1.165, 1.54) is 0 Å². The molecule has 0 heterocycles. The van der Waals surface area contributed by atoms with Crippen LogP contribution in [0.25, 0.3) is 0 Å². The van der Waals surface area contributed by atoms with Crippen LogP contribution in [0.2, 0.25) is 0 Å². The maximum Gasteiger partial charge on any atom is 0.313 e. The molecule has 2 atom stereocenters. The number of ether oxygens (including phenoxy) is 1. The minimum absolute atomic E-state index is 0.148. The van der Waals surface area contributed by atoms with Crippen LogP contribution >= 0.6 is 12.2 Å². The maximum absolute atomic E-state index is 12.5. The van der Waals surface area contributed by atoms with Crippen LogP contribution in [-0.4, -0.2) is 32.0 Å². The normalized spacial score (nSPS) is 13.5. The summed E-state index contributed by atoms with van der Waals surface area (Å²) in [6.45, 7) is 7.37. The standard InChI is InChI=1S/C24H33N3O4S2/c1-17(19-12-14-20(15-13-19)27-33(5,29)30)25-23(32)26-21(31-22(28)24(2,3)4)16-11-18-9-7-6-8-10-18/h6-10,12-15,17,21,27H,11,16H2,1-5H3,(H2,25,26,32)/t17-,21?/m0/s1. The Morgan fingerprint density at radius 2 is 1.64 bits per heavy atom. The predicted molar refractivity (Wildman–Crippen MR) is 136 cm³/mol. The van der Waals surface area contributed by atoms with E-state index < -0.39 is 21.7 Å². The van der Waals surface area contributed by atoms with Crippen molar-refractivity contribution in [2.45, 2.75) is 52.8 Å². The summed E-state index contributed by atoms with van der Waals surface area (Å²) in [5.41, 5.74) is 1.93. The number of thiocarbonyl (C=S) groups is 1. The van der Waals surface area contributed by atoms with Gasteiger partial charge in [-0.1, -0.05) is 42.5 Å². The largest absolute Gasteiger partial charge is 0.441 e. The van der Waals surface area contributed by atoms with E-state index in [4.69, 9.17) is 17.0 Å². The highest BCUT2D eigenvalue weighted by Gasteiger charge is 2.27. The number of rotatable bonds is 9. The number of aryl methyl sites for hydroxylation is 1. The van der Waals surface area contributed by atoms with Gasteiger partial charge in [-0.2, -0.15) is 0 Å². The molecule has 0 fully saturated rings. The van der Waals surface area contributed by atoms with E-state index in [9.17, 15) is 13.2 Å². The molecule has 0 aromatic heterocycles. The van der Waals surface area contributed by atoms with Gasteiger partial charge in [0.15, 0.2) is 11.3 Å². The Morgan fingerprint density at radius 1 is 1.03 bits per heavy atom. The van der Waals surface area contributed by atoms with Crippen molar-refractivity contribution in [2.24, 2.45) is 5.41 Å². The molecule has 0 bridgehead atoms. The fourth-order valence-corrected chi connectivity index (χ4v) is 3.80. The van der Waals surface area contributed by atoms with Crippen molar-refractivity contribution < 1.29 is 17.9 Å². The zero-order valence-corrected chi connectivity index (χ0v) is 21.3. The molecule has 0 radical (unpaired) electrons. The summed E-state index contributed by atoms with van der Waals surface area (Å²) in [5.74, 6) is -0.308. The Kier molecular flexibility index (Phi) is 9.25. The molecule has 0 amide bonds. The van der Waals surface area contributed by atoms with Gasteiger partial charge in [0.25, 0.3) is 0 Å². The number of carbonyl (C=O) groups excluding carboxylic acids is 1. The molecule has 0 aliphatic carbocycles. The van der Waals surface area contributed by atoms with Crippen molar-refractivity contribution in [2.75, 3.05) is 11.0 Å². The van der Waals surface area contributed by atoms with Crippen LogP contribution in [0.15, 0.2) is 54.6 Å². The van der Waals surface area contributed by atoms with Crippen LogP contribution in [0.4, 0.5) is 5.69 Å².